The summed E-state index contributed by atoms with van der Waals surface area (Å²) in [5.74, 6) is 0.814. The molecule has 0 aliphatic carbocycles. The van der Waals surface area contributed by atoms with Crippen LogP contribution in [0.5, 0.6) is 0 Å². The Morgan fingerprint density at radius 2 is 1.58 bits per heavy atom. The highest BCUT2D eigenvalue weighted by Crippen LogP contribution is 2.23. The second kappa shape index (κ2) is 31.8. The van der Waals surface area contributed by atoms with Crippen LogP contribution in [0.15, 0.2) is 35.3 Å². The number of unbranched alkanes of at least 4 members (excludes halogenated alkanes) is 1. The predicted molar refractivity (Wildman–Crippen MR) is 189 cm³/mol. The molecule has 0 saturated heterocycles. The van der Waals surface area contributed by atoms with Crippen molar-refractivity contribution in [3.8, 4) is 12.5 Å². The first-order valence-corrected chi connectivity index (χ1v) is 15.8. The molecule has 43 heavy (non-hydrogen) atoms. The normalized spacial score (nSPS) is 10.8. The third-order valence-electron chi connectivity index (χ3n) is 5.80. The van der Waals surface area contributed by atoms with Crippen LogP contribution in [0.2, 0.25) is 0 Å². The van der Waals surface area contributed by atoms with Crippen molar-refractivity contribution in [3.05, 3.63) is 41.5 Å². The molecule has 0 aliphatic rings. The number of aliphatic imine (C=N–C) groups is 1. The van der Waals surface area contributed by atoms with E-state index in [-0.39, 0.29) is 17.9 Å². The van der Waals surface area contributed by atoms with Crippen molar-refractivity contribution in [2.45, 2.75) is 120 Å². The van der Waals surface area contributed by atoms with E-state index in [0.717, 1.165) is 24.9 Å². The maximum Gasteiger partial charge on any atom is 0.247 e. The zero-order chi connectivity index (χ0) is 34.4. The first-order valence-electron chi connectivity index (χ1n) is 15.8. The Balaban J connectivity index is -0.000000300. The SMILES string of the molecule is C#CO.C=C(CN(C)C)C(=O)NCC(NC(=O)CCCC)C(C)CC.C=Nc1ccc(C(C)C)cc1C.CCC.CCC. The van der Waals surface area contributed by atoms with Crippen LogP contribution >= 0.6 is 0 Å². The Hall–Kier alpha value is -3.11. The third-order valence-corrected chi connectivity index (χ3v) is 5.80. The summed E-state index contributed by atoms with van der Waals surface area (Å²) in [7, 11) is 3.79. The number of hydrogen-bond acceptors (Lipinski definition) is 5. The van der Waals surface area contributed by atoms with Gasteiger partial charge in [0.15, 0.2) is 0 Å². The van der Waals surface area contributed by atoms with Gasteiger partial charge >= 0.3 is 0 Å². The fraction of sp³-hybridized carbons (Fsp3) is 0.639. The van der Waals surface area contributed by atoms with Crippen LogP contribution in [0.3, 0.4) is 0 Å². The Morgan fingerprint density at radius 3 is 1.95 bits per heavy atom. The van der Waals surface area contributed by atoms with Crippen molar-refractivity contribution in [2.24, 2.45) is 10.9 Å². The molecule has 248 valence electrons. The molecule has 1 rings (SSSR count). The molecule has 1 aromatic carbocycles. The van der Waals surface area contributed by atoms with Gasteiger partial charge in [-0.1, -0.05) is 113 Å². The molecular weight excluding hydrogens is 536 g/mol. The second-order valence-electron chi connectivity index (χ2n) is 11.1. The smallest absolute Gasteiger partial charge is 0.247 e. The molecule has 2 unspecified atom stereocenters. The van der Waals surface area contributed by atoms with E-state index in [1.54, 1.807) is 0 Å². The summed E-state index contributed by atoms with van der Waals surface area (Å²) in [6.07, 6.45) is 11.3. The maximum atomic E-state index is 12.0. The number of nitrogens with zero attached hydrogens (tertiary/aromatic N) is 2. The van der Waals surface area contributed by atoms with Gasteiger partial charge in [0.25, 0.3) is 0 Å². The number of aliphatic hydroxyl groups excluding tert-OH is 1. The Kier molecular flexibility index (Phi) is 34.7. The van der Waals surface area contributed by atoms with Crippen LogP contribution in [-0.2, 0) is 9.59 Å². The van der Waals surface area contributed by atoms with Gasteiger partial charge in [0.2, 0.25) is 11.8 Å². The van der Waals surface area contributed by atoms with Crippen LogP contribution in [0.1, 0.15) is 118 Å². The standard InChI is InChI=1S/C17H33N3O2.C11H15N.2C3H8.C2H2O/c1-7-9-10-16(21)19-15(13(3)8-2)11-18-17(22)14(4)12-20(5)6;1-8(2)10-5-6-11(12-4)9(3)7-10;2*1-3-2;1-2-3/h13,15H,4,7-12H2,1-3,5-6H3,(H,18,22)(H,19,21);5-8H,4H2,1-3H3;2*3H2,1-2H3;1,3H. The van der Waals surface area contributed by atoms with Gasteiger partial charge in [0.1, 0.15) is 6.11 Å². The highest BCUT2D eigenvalue weighted by molar-refractivity contribution is 5.93. The fourth-order valence-electron chi connectivity index (χ4n) is 3.29. The molecule has 0 radical (unpaired) electrons. The lowest BCUT2D eigenvalue weighted by Gasteiger charge is -2.25. The lowest BCUT2D eigenvalue weighted by Crippen LogP contribution is -2.47. The van der Waals surface area contributed by atoms with E-state index in [1.165, 1.54) is 30.1 Å². The molecular formula is C36H66N4O3. The average molecular weight is 603 g/mol. The molecule has 0 spiro atoms. The number of amides is 2. The van der Waals surface area contributed by atoms with Crippen LogP contribution in [-0.4, -0.2) is 61.8 Å². The molecule has 3 N–H and O–H groups in total. The van der Waals surface area contributed by atoms with Gasteiger partial charge in [-0.2, -0.15) is 0 Å². The summed E-state index contributed by atoms with van der Waals surface area (Å²) in [6, 6.07) is 6.28. The quantitative estimate of drug-likeness (QED) is 0.121. The Morgan fingerprint density at radius 1 is 1.07 bits per heavy atom. The maximum absolute atomic E-state index is 12.0. The first kappa shape index (κ1) is 46.8. The third kappa shape index (κ3) is 28.8. The zero-order valence-corrected chi connectivity index (χ0v) is 29.8. The van der Waals surface area contributed by atoms with Gasteiger partial charge in [0.05, 0.1) is 5.69 Å². The molecule has 7 nitrogen and oxygen atoms in total. The lowest BCUT2D eigenvalue weighted by atomic mass is 9.98. The van der Waals surface area contributed by atoms with Gasteiger partial charge in [-0.05, 0) is 63.2 Å². The van der Waals surface area contributed by atoms with Gasteiger partial charge in [-0.3, -0.25) is 14.6 Å². The average Bonchev–Trinajstić information content (AvgIpc) is 2.94. The number of hydrogen-bond donors (Lipinski definition) is 3. The molecule has 0 saturated carbocycles. The van der Waals surface area contributed by atoms with E-state index in [4.69, 9.17) is 5.11 Å². The number of aryl methyl sites for hydroxylation is 1. The molecule has 0 aliphatic heterocycles. The summed E-state index contributed by atoms with van der Waals surface area (Å²) in [5, 5.41) is 13.0. The van der Waals surface area contributed by atoms with Gasteiger partial charge < -0.3 is 20.6 Å². The highest BCUT2D eigenvalue weighted by Gasteiger charge is 2.19. The van der Waals surface area contributed by atoms with E-state index in [0.29, 0.717) is 36.9 Å². The topological polar surface area (TPSA) is 94.0 Å². The van der Waals surface area contributed by atoms with Gasteiger partial charge in [-0.25, -0.2) is 0 Å². The number of nitrogens with one attached hydrogen (secondary N) is 2. The van der Waals surface area contributed by atoms with E-state index >= 15 is 0 Å². The number of benzene rings is 1. The highest BCUT2D eigenvalue weighted by atomic mass is 16.2. The van der Waals surface area contributed by atoms with Crippen LogP contribution in [0.4, 0.5) is 5.69 Å². The predicted octanol–water partition coefficient (Wildman–Crippen LogP) is 8.17. The number of carbonyl (C=O) groups excluding carboxylic acids is 2. The van der Waals surface area contributed by atoms with Crippen molar-refractivity contribution in [2.75, 3.05) is 27.2 Å². The lowest BCUT2D eigenvalue weighted by molar-refractivity contribution is -0.123. The molecule has 7 heteroatoms. The van der Waals surface area contributed by atoms with E-state index in [2.05, 4.69) is 117 Å². The zero-order valence-electron chi connectivity index (χ0n) is 29.8. The van der Waals surface area contributed by atoms with Crippen molar-refractivity contribution < 1.29 is 14.7 Å². The van der Waals surface area contributed by atoms with E-state index < -0.39 is 0 Å². The van der Waals surface area contributed by atoms with Crippen LogP contribution in [0, 0.1) is 25.4 Å². The molecule has 0 fully saturated rings. The summed E-state index contributed by atoms with van der Waals surface area (Å²) in [5.41, 5.74) is 4.08. The van der Waals surface area contributed by atoms with Crippen molar-refractivity contribution in [1.82, 2.24) is 15.5 Å². The van der Waals surface area contributed by atoms with Crippen molar-refractivity contribution >= 4 is 24.2 Å². The number of terminal acetylenes is 1. The Labute approximate surface area is 266 Å². The van der Waals surface area contributed by atoms with Crippen LogP contribution in [0.25, 0.3) is 0 Å². The number of likely N-dealkylation sites (N-methyl/N-ethyl adjacent to an activating group) is 1. The molecule has 1 aromatic rings. The molecule has 0 aromatic heterocycles. The van der Waals surface area contributed by atoms with Gasteiger partial charge in [0, 0.05) is 31.1 Å². The minimum absolute atomic E-state index is 0.0366. The number of rotatable bonds is 13. The fourth-order valence-corrected chi connectivity index (χ4v) is 3.29. The van der Waals surface area contributed by atoms with Crippen molar-refractivity contribution in [1.29, 1.82) is 0 Å². The number of carbonyl (C=O) groups is 2. The summed E-state index contributed by atoms with van der Waals surface area (Å²) in [4.78, 5) is 29.7. The molecule has 0 bridgehead atoms. The minimum atomic E-state index is -0.148. The second-order valence-corrected chi connectivity index (χ2v) is 11.1. The minimum Gasteiger partial charge on any atom is -0.462 e. The summed E-state index contributed by atoms with van der Waals surface area (Å²) in [6.45, 7) is 29.5. The number of aliphatic hydroxyl groups is 1. The van der Waals surface area contributed by atoms with E-state index in [9.17, 15) is 9.59 Å². The molecule has 2 amide bonds. The monoisotopic (exact) mass is 603 g/mol. The molecule has 0 heterocycles. The Bertz CT molecular complexity index is 902. The van der Waals surface area contributed by atoms with Crippen LogP contribution < -0.4 is 10.6 Å². The van der Waals surface area contributed by atoms with Crippen molar-refractivity contribution in [3.63, 3.8) is 0 Å². The van der Waals surface area contributed by atoms with E-state index in [1.807, 2.05) is 25.1 Å². The summed E-state index contributed by atoms with van der Waals surface area (Å²) >= 11 is 0. The summed E-state index contributed by atoms with van der Waals surface area (Å²) < 4.78 is 0. The first-order chi connectivity index (χ1) is 20.2. The molecule has 2 atom stereocenters. The largest absolute Gasteiger partial charge is 0.462 e. The van der Waals surface area contributed by atoms with Gasteiger partial charge in [-0.15, -0.1) is 0 Å².